The first-order valence-electron chi connectivity index (χ1n) is 8.19. The lowest BCUT2D eigenvalue weighted by Crippen LogP contribution is -2.30. The van der Waals surface area contributed by atoms with Gasteiger partial charge in [0.2, 0.25) is 0 Å². The van der Waals surface area contributed by atoms with Crippen LogP contribution in [0.2, 0.25) is 0 Å². The highest BCUT2D eigenvalue weighted by Gasteiger charge is 2.30. The second-order valence-electron chi connectivity index (χ2n) is 6.47. The van der Waals surface area contributed by atoms with Gasteiger partial charge in [-0.1, -0.05) is 0 Å². The number of hydrogen-bond donors (Lipinski definition) is 1. The number of likely N-dealkylation sites (tertiary alicyclic amines) is 1. The summed E-state index contributed by atoms with van der Waals surface area (Å²) < 4.78 is 5.32. The van der Waals surface area contributed by atoms with Crippen molar-refractivity contribution in [2.45, 2.75) is 56.7 Å². The lowest BCUT2D eigenvalue weighted by atomic mass is 10.1. The minimum absolute atomic E-state index is 0.437. The van der Waals surface area contributed by atoms with E-state index in [0.29, 0.717) is 11.8 Å². The van der Waals surface area contributed by atoms with E-state index in [1.807, 2.05) is 23.5 Å². The summed E-state index contributed by atoms with van der Waals surface area (Å²) in [6.07, 6.45) is 8.93. The van der Waals surface area contributed by atoms with Gasteiger partial charge in [-0.2, -0.15) is 0 Å². The van der Waals surface area contributed by atoms with E-state index in [1.165, 1.54) is 29.1 Å². The van der Waals surface area contributed by atoms with Crippen molar-refractivity contribution in [1.82, 2.24) is 9.88 Å². The number of aromatic nitrogens is 1. The average molecular weight is 318 g/mol. The predicted octanol–water partition coefficient (Wildman–Crippen LogP) is 3.70. The lowest BCUT2D eigenvalue weighted by molar-refractivity contribution is 0.0998. The van der Waals surface area contributed by atoms with Crippen molar-refractivity contribution in [2.24, 2.45) is 0 Å². The first-order chi connectivity index (χ1) is 10.8. The van der Waals surface area contributed by atoms with Gasteiger partial charge in [0.05, 0.1) is 11.3 Å². The molecule has 2 aromatic heterocycles. The zero-order valence-corrected chi connectivity index (χ0v) is 13.5. The summed E-state index contributed by atoms with van der Waals surface area (Å²) in [5, 5.41) is 11.6. The summed E-state index contributed by atoms with van der Waals surface area (Å²) in [4.78, 5) is 8.43. The van der Waals surface area contributed by atoms with E-state index >= 15 is 0 Å². The van der Waals surface area contributed by atoms with Gasteiger partial charge in [-0.25, -0.2) is 4.98 Å². The van der Waals surface area contributed by atoms with Crippen LogP contribution in [0.5, 0.6) is 0 Å². The molecule has 2 aromatic rings. The molecule has 0 bridgehead atoms. The second kappa shape index (κ2) is 6.14. The molecule has 4 rings (SSSR count). The Labute approximate surface area is 134 Å². The third-order valence-corrected chi connectivity index (χ3v) is 5.87. The Morgan fingerprint density at radius 2 is 2.32 bits per heavy atom. The van der Waals surface area contributed by atoms with Crippen LogP contribution >= 0.6 is 11.3 Å². The van der Waals surface area contributed by atoms with E-state index in [9.17, 15) is 5.11 Å². The SMILES string of the molecule is OC(CC1CCCN1Cc1cnc(C2CC2)s1)c1ccco1. The van der Waals surface area contributed by atoms with Crippen LogP contribution in [0.3, 0.4) is 0 Å². The molecule has 2 fully saturated rings. The minimum Gasteiger partial charge on any atom is -0.467 e. The van der Waals surface area contributed by atoms with Gasteiger partial charge in [-0.15, -0.1) is 11.3 Å². The van der Waals surface area contributed by atoms with Gasteiger partial charge in [0.15, 0.2) is 0 Å². The quantitative estimate of drug-likeness (QED) is 0.882. The fourth-order valence-electron chi connectivity index (χ4n) is 3.34. The zero-order valence-electron chi connectivity index (χ0n) is 12.6. The largest absolute Gasteiger partial charge is 0.467 e. The van der Waals surface area contributed by atoms with Crippen molar-refractivity contribution >= 4 is 11.3 Å². The normalized spacial score (nSPS) is 24.0. The Bertz CT molecular complexity index is 606. The third kappa shape index (κ3) is 3.12. The lowest BCUT2D eigenvalue weighted by Gasteiger charge is -2.25. The maximum absolute atomic E-state index is 10.3. The molecule has 0 spiro atoms. The molecule has 5 heteroatoms. The highest BCUT2D eigenvalue weighted by Crippen LogP contribution is 2.42. The standard InChI is InChI=1S/C17H22N2O2S/c20-15(16-4-2-8-21-16)9-13-3-1-7-19(13)11-14-10-18-17(22-14)12-5-6-12/h2,4,8,10,12-13,15,20H,1,3,5-7,9,11H2. The fourth-order valence-corrected chi connectivity index (χ4v) is 4.45. The Kier molecular flexibility index (Phi) is 4.03. The number of hydrogen-bond acceptors (Lipinski definition) is 5. The molecule has 0 radical (unpaired) electrons. The molecule has 1 N–H and O–H groups in total. The number of furan rings is 1. The highest BCUT2D eigenvalue weighted by molar-refractivity contribution is 7.11. The molecule has 1 aliphatic heterocycles. The van der Waals surface area contributed by atoms with Gasteiger partial charge >= 0.3 is 0 Å². The van der Waals surface area contributed by atoms with Gasteiger partial charge in [0, 0.05) is 29.6 Å². The Morgan fingerprint density at radius 1 is 1.41 bits per heavy atom. The molecule has 0 amide bonds. The van der Waals surface area contributed by atoms with Crippen LogP contribution in [0.4, 0.5) is 0 Å². The van der Waals surface area contributed by atoms with Crippen molar-refractivity contribution in [2.75, 3.05) is 6.54 Å². The van der Waals surface area contributed by atoms with Crippen LogP contribution < -0.4 is 0 Å². The van der Waals surface area contributed by atoms with E-state index in [2.05, 4.69) is 16.1 Å². The molecule has 4 nitrogen and oxygen atoms in total. The zero-order chi connectivity index (χ0) is 14.9. The summed E-state index contributed by atoms with van der Waals surface area (Å²) in [5.74, 6) is 1.43. The summed E-state index contributed by atoms with van der Waals surface area (Å²) in [7, 11) is 0. The van der Waals surface area contributed by atoms with E-state index in [0.717, 1.165) is 31.8 Å². The first-order valence-corrected chi connectivity index (χ1v) is 9.01. The smallest absolute Gasteiger partial charge is 0.132 e. The minimum atomic E-state index is -0.496. The molecule has 118 valence electrons. The van der Waals surface area contributed by atoms with Crippen LogP contribution in [0.15, 0.2) is 29.0 Å². The third-order valence-electron chi connectivity index (χ3n) is 4.72. The fraction of sp³-hybridized carbons (Fsp3) is 0.588. The van der Waals surface area contributed by atoms with E-state index in [1.54, 1.807) is 6.26 Å². The predicted molar refractivity (Wildman–Crippen MR) is 85.8 cm³/mol. The van der Waals surface area contributed by atoms with E-state index in [-0.39, 0.29) is 0 Å². The van der Waals surface area contributed by atoms with Crippen molar-refractivity contribution in [3.05, 3.63) is 40.2 Å². The Balaban J connectivity index is 1.37. The molecule has 1 saturated heterocycles. The highest BCUT2D eigenvalue weighted by atomic mass is 32.1. The van der Waals surface area contributed by atoms with E-state index in [4.69, 9.17) is 4.42 Å². The van der Waals surface area contributed by atoms with Crippen LogP contribution in [-0.2, 0) is 6.54 Å². The van der Waals surface area contributed by atoms with Gasteiger partial charge in [-0.3, -0.25) is 4.90 Å². The number of aliphatic hydroxyl groups is 1. The summed E-state index contributed by atoms with van der Waals surface area (Å²) in [5.41, 5.74) is 0. The molecular weight excluding hydrogens is 296 g/mol. The maximum atomic E-state index is 10.3. The first kappa shape index (κ1) is 14.4. The van der Waals surface area contributed by atoms with Crippen molar-refractivity contribution in [1.29, 1.82) is 0 Å². The molecule has 2 aliphatic rings. The maximum Gasteiger partial charge on any atom is 0.132 e. The Hall–Kier alpha value is -1.17. The number of thiazole rings is 1. The molecular formula is C17H22N2O2S. The van der Waals surface area contributed by atoms with Crippen LogP contribution in [-0.4, -0.2) is 27.6 Å². The molecule has 1 aliphatic carbocycles. The molecule has 2 atom stereocenters. The topological polar surface area (TPSA) is 49.5 Å². The molecule has 2 unspecified atom stereocenters. The number of aliphatic hydroxyl groups excluding tert-OH is 1. The van der Waals surface area contributed by atoms with Crippen molar-refractivity contribution in [3.63, 3.8) is 0 Å². The molecule has 22 heavy (non-hydrogen) atoms. The summed E-state index contributed by atoms with van der Waals surface area (Å²) in [6.45, 7) is 2.09. The summed E-state index contributed by atoms with van der Waals surface area (Å²) >= 11 is 1.88. The van der Waals surface area contributed by atoms with Crippen LogP contribution in [0.1, 0.15) is 59.8 Å². The number of rotatable bonds is 6. The van der Waals surface area contributed by atoms with Gasteiger partial charge < -0.3 is 9.52 Å². The van der Waals surface area contributed by atoms with E-state index < -0.39 is 6.10 Å². The second-order valence-corrected chi connectivity index (χ2v) is 7.62. The van der Waals surface area contributed by atoms with Gasteiger partial charge in [0.25, 0.3) is 0 Å². The van der Waals surface area contributed by atoms with Crippen molar-refractivity contribution < 1.29 is 9.52 Å². The Morgan fingerprint density at radius 3 is 3.09 bits per heavy atom. The van der Waals surface area contributed by atoms with Crippen molar-refractivity contribution in [3.8, 4) is 0 Å². The summed E-state index contributed by atoms with van der Waals surface area (Å²) in [6, 6.07) is 4.13. The molecule has 3 heterocycles. The van der Waals surface area contributed by atoms with Crippen LogP contribution in [0.25, 0.3) is 0 Å². The molecule has 0 aromatic carbocycles. The van der Waals surface area contributed by atoms with Crippen LogP contribution in [0, 0.1) is 0 Å². The monoisotopic (exact) mass is 318 g/mol. The number of nitrogens with zero attached hydrogens (tertiary/aromatic N) is 2. The molecule has 1 saturated carbocycles. The van der Waals surface area contributed by atoms with Gasteiger partial charge in [-0.05, 0) is 50.8 Å². The van der Waals surface area contributed by atoms with Gasteiger partial charge in [0.1, 0.15) is 11.9 Å². The average Bonchev–Trinajstić information content (AvgIpc) is 2.97.